The van der Waals surface area contributed by atoms with E-state index >= 15 is 0 Å². The van der Waals surface area contributed by atoms with E-state index in [-0.39, 0.29) is 5.92 Å². The highest BCUT2D eigenvalue weighted by Crippen LogP contribution is 2.42. The lowest BCUT2D eigenvalue weighted by Crippen LogP contribution is -2.22. The van der Waals surface area contributed by atoms with Crippen molar-refractivity contribution in [3.63, 3.8) is 0 Å². The number of halogens is 2. The standard InChI is InChI=1S/C32H34ClFN4/c1-3-28(33)30(29(34)4-2)23-14-12-22(13-15-23)27-20-24-21-36-32(35-16-9-19-38-17-7-8-18-38)37-31(24)26-11-6-5-10-25(26)27/h3-6,10-15,21,27H,2,7-9,16-20H2,1H3,(H,35,36,37)/b28-3+,30-29+. The van der Waals surface area contributed by atoms with Crippen LogP contribution in [0.2, 0.25) is 0 Å². The van der Waals surface area contributed by atoms with Gasteiger partial charge >= 0.3 is 0 Å². The Labute approximate surface area is 230 Å². The quantitative estimate of drug-likeness (QED) is 0.228. The zero-order valence-corrected chi connectivity index (χ0v) is 22.6. The van der Waals surface area contributed by atoms with E-state index in [1.165, 1.54) is 37.6 Å². The largest absolute Gasteiger partial charge is 0.354 e. The maximum absolute atomic E-state index is 14.6. The molecule has 1 atom stereocenters. The number of allylic oxidation sites excluding steroid dienone is 5. The molecular formula is C32H34ClFN4. The first-order valence-electron chi connectivity index (χ1n) is 13.4. The minimum absolute atomic E-state index is 0.157. The van der Waals surface area contributed by atoms with Gasteiger partial charge in [0.25, 0.3) is 0 Å². The summed E-state index contributed by atoms with van der Waals surface area (Å²) in [5.41, 5.74) is 6.76. The van der Waals surface area contributed by atoms with E-state index in [0.717, 1.165) is 53.9 Å². The number of fused-ring (bicyclic) bond motifs is 3. The molecule has 5 rings (SSSR count). The smallest absolute Gasteiger partial charge is 0.223 e. The fraction of sp³-hybridized carbons (Fsp3) is 0.312. The van der Waals surface area contributed by atoms with Gasteiger partial charge in [0, 0.05) is 34.8 Å². The molecule has 3 aromatic rings. The van der Waals surface area contributed by atoms with Crippen molar-refractivity contribution >= 4 is 23.1 Å². The van der Waals surface area contributed by atoms with Gasteiger partial charge in [-0.25, -0.2) is 14.4 Å². The molecule has 2 aromatic carbocycles. The van der Waals surface area contributed by atoms with Crippen molar-refractivity contribution < 1.29 is 4.39 Å². The molecule has 1 unspecified atom stereocenters. The number of nitrogens with one attached hydrogen (secondary N) is 1. The second kappa shape index (κ2) is 12.1. The van der Waals surface area contributed by atoms with Gasteiger partial charge in [0.15, 0.2) is 0 Å². The van der Waals surface area contributed by atoms with Gasteiger partial charge in [0.05, 0.1) is 5.69 Å². The fourth-order valence-corrected chi connectivity index (χ4v) is 5.75. The van der Waals surface area contributed by atoms with E-state index < -0.39 is 5.83 Å². The van der Waals surface area contributed by atoms with Gasteiger partial charge in [0.2, 0.25) is 5.95 Å². The topological polar surface area (TPSA) is 41.1 Å². The fourth-order valence-electron chi connectivity index (χ4n) is 5.55. The molecule has 1 saturated heterocycles. The maximum Gasteiger partial charge on any atom is 0.223 e. The third kappa shape index (κ3) is 5.59. The average molecular weight is 529 g/mol. The van der Waals surface area contributed by atoms with Gasteiger partial charge in [-0.3, -0.25) is 0 Å². The van der Waals surface area contributed by atoms with E-state index in [1.807, 2.05) is 18.3 Å². The minimum atomic E-state index is -0.435. The Morgan fingerprint density at radius 2 is 1.92 bits per heavy atom. The highest BCUT2D eigenvalue weighted by atomic mass is 35.5. The normalized spacial score (nSPS) is 18.0. The monoisotopic (exact) mass is 528 g/mol. The molecule has 1 fully saturated rings. The van der Waals surface area contributed by atoms with Crippen molar-refractivity contribution in [2.45, 2.75) is 38.5 Å². The lowest BCUT2D eigenvalue weighted by Gasteiger charge is -2.28. The van der Waals surface area contributed by atoms with Crippen LogP contribution in [0.5, 0.6) is 0 Å². The third-order valence-electron chi connectivity index (χ3n) is 7.52. The van der Waals surface area contributed by atoms with Crippen molar-refractivity contribution in [3.05, 3.63) is 107 Å². The number of benzene rings is 2. The Bertz CT molecular complexity index is 1360. The number of anilines is 1. The van der Waals surface area contributed by atoms with E-state index in [2.05, 4.69) is 58.2 Å². The van der Waals surface area contributed by atoms with Gasteiger partial charge < -0.3 is 10.2 Å². The molecule has 1 aliphatic heterocycles. The molecule has 1 aromatic heterocycles. The number of hydrogen-bond acceptors (Lipinski definition) is 4. The molecule has 4 nitrogen and oxygen atoms in total. The molecule has 0 bridgehead atoms. The Hall–Kier alpha value is -3.28. The summed E-state index contributed by atoms with van der Waals surface area (Å²) < 4.78 is 14.6. The van der Waals surface area contributed by atoms with Gasteiger partial charge in [-0.1, -0.05) is 72.8 Å². The molecule has 0 amide bonds. The van der Waals surface area contributed by atoms with Crippen LogP contribution < -0.4 is 5.32 Å². The Morgan fingerprint density at radius 1 is 1.16 bits per heavy atom. The molecular weight excluding hydrogens is 495 g/mol. The highest BCUT2D eigenvalue weighted by Gasteiger charge is 2.27. The van der Waals surface area contributed by atoms with Gasteiger partial charge in [-0.05, 0) is 80.6 Å². The van der Waals surface area contributed by atoms with Crippen LogP contribution in [-0.4, -0.2) is 41.0 Å². The first kappa shape index (κ1) is 26.3. The summed E-state index contributed by atoms with van der Waals surface area (Å²) in [6.07, 6.45) is 9.39. The molecule has 0 spiro atoms. The van der Waals surface area contributed by atoms with Crippen LogP contribution >= 0.6 is 11.6 Å². The molecule has 1 N–H and O–H groups in total. The van der Waals surface area contributed by atoms with E-state index in [9.17, 15) is 4.39 Å². The SMILES string of the molecule is C=C/C(F)=C(\C(Cl)=C/C)c1ccc(C2Cc3cnc(NCCCN4CCCC4)nc3-c3ccccc32)cc1. The number of likely N-dealkylation sites (tertiary alicyclic amines) is 1. The average Bonchev–Trinajstić information content (AvgIpc) is 3.49. The van der Waals surface area contributed by atoms with Crippen LogP contribution in [-0.2, 0) is 6.42 Å². The number of hydrogen-bond donors (Lipinski definition) is 1. The van der Waals surface area contributed by atoms with Crippen molar-refractivity contribution in [2.75, 3.05) is 31.5 Å². The Kier molecular flexibility index (Phi) is 8.35. The predicted molar refractivity (Wildman–Crippen MR) is 156 cm³/mol. The van der Waals surface area contributed by atoms with Gasteiger partial charge in [-0.2, -0.15) is 0 Å². The van der Waals surface area contributed by atoms with Crippen molar-refractivity contribution in [2.24, 2.45) is 0 Å². The molecule has 38 heavy (non-hydrogen) atoms. The molecule has 2 heterocycles. The van der Waals surface area contributed by atoms with Gasteiger partial charge in [-0.15, -0.1) is 0 Å². The summed E-state index contributed by atoms with van der Waals surface area (Å²) in [5.74, 6) is 0.409. The summed E-state index contributed by atoms with van der Waals surface area (Å²) in [6, 6.07) is 16.5. The Balaban J connectivity index is 1.36. The van der Waals surface area contributed by atoms with Crippen LogP contribution in [0.15, 0.2) is 84.3 Å². The van der Waals surface area contributed by atoms with E-state index in [1.54, 1.807) is 13.0 Å². The minimum Gasteiger partial charge on any atom is -0.354 e. The first-order chi connectivity index (χ1) is 18.6. The van der Waals surface area contributed by atoms with E-state index in [0.29, 0.717) is 16.6 Å². The zero-order chi connectivity index (χ0) is 26.5. The van der Waals surface area contributed by atoms with E-state index in [4.69, 9.17) is 16.6 Å². The number of aromatic nitrogens is 2. The summed E-state index contributed by atoms with van der Waals surface area (Å²) >= 11 is 6.33. The molecule has 0 saturated carbocycles. The zero-order valence-electron chi connectivity index (χ0n) is 21.9. The summed E-state index contributed by atoms with van der Waals surface area (Å²) in [6.45, 7) is 9.80. The molecule has 2 aliphatic rings. The second-order valence-electron chi connectivity index (χ2n) is 9.93. The number of rotatable bonds is 9. The summed E-state index contributed by atoms with van der Waals surface area (Å²) in [4.78, 5) is 12.1. The highest BCUT2D eigenvalue weighted by molar-refractivity contribution is 6.37. The second-order valence-corrected chi connectivity index (χ2v) is 10.3. The maximum atomic E-state index is 14.6. The summed E-state index contributed by atoms with van der Waals surface area (Å²) in [7, 11) is 0. The van der Waals surface area contributed by atoms with Gasteiger partial charge in [0.1, 0.15) is 5.83 Å². The first-order valence-corrected chi connectivity index (χ1v) is 13.8. The van der Waals surface area contributed by atoms with Crippen LogP contribution in [0.1, 0.15) is 54.4 Å². The summed E-state index contributed by atoms with van der Waals surface area (Å²) in [5, 5.41) is 3.80. The van der Waals surface area contributed by atoms with Crippen molar-refractivity contribution in [3.8, 4) is 11.3 Å². The van der Waals surface area contributed by atoms with Crippen molar-refractivity contribution in [1.82, 2.24) is 14.9 Å². The lowest BCUT2D eigenvalue weighted by atomic mass is 9.77. The predicted octanol–water partition coefficient (Wildman–Crippen LogP) is 7.74. The molecule has 0 radical (unpaired) electrons. The molecule has 196 valence electrons. The third-order valence-corrected chi connectivity index (χ3v) is 7.93. The van der Waals surface area contributed by atoms with Crippen LogP contribution in [0.4, 0.5) is 10.3 Å². The Morgan fingerprint density at radius 3 is 2.66 bits per heavy atom. The lowest BCUT2D eigenvalue weighted by molar-refractivity contribution is 0.337. The van der Waals surface area contributed by atoms with Crippen LogP contribution in [0, 0.1) is 0 Å². The van der Waals surface area contributed by atoms with Crippen LogP contribution in [0.25, 0.3) is 16.8 Å². The van der Waals surface area contributed by atoms with Crippen molar-refractivity contribution in [1.29, 1.82) is 0 Å². The molecule has 1 aliphatic carbocycles. The number of nitrogens with zero attached hydrogens (tertiary/aromatic N) is 3. The van der Waals surface area contributed by atoms with Crippen LogP contribution in [0.3, 0.4) is 0 Å². The molecule has 6 heteroatoms.